The molecule has 0 radical (unpaired) electrons. The van der Waals surface area contributed by atoms with Crippen LogP contribution in [0, 0.1) is 0 Å². The van der Waals surface area contributed by atoms with Gasteiger partial charge in [0.25, 0.3) is 17.7 Å². The molecule has 3 heterocycles. The van der Waals surface area contributed by atoms with Crippen LogP contribution in [0.4, 0.5) is 18.9 Å². The molecule has 5 rings (SSSR count). The average molecular weight is 623 g/mol. The van der Waals surface area contributed by atoms with Gasteiger partial charge in [-0.15, -0.1) is 11.3 Å². The van der Waals surface area contributed by atoms with Crippen LogP contribution in [0.1, 0.15) is 42.9 Å². The molecule has 3 amide bonds. The second-order valence-corrected chi connectivity index (χ2v) is 10.8. The number of alkyl halides is 3. The van der Waals surface area contributed by atoms with Crippen molar-refractivity contribution in [3.8, 4) is 5.75 Å². The van der Waals surface area contributed by atoms with Gasteiger partial charge in [0.1, 0.15) is 18.2 Å². The number of carbonyl (C=O) groups excluding carboxylic acids is 3. The maximum Gasteiger partial charge on any atom is 0.490 e. The van der Waals surface area contributed by atoms with Gasteiger partial charge in [-0.2, -0.15) is 13.2 Å². The van der Waals surface area contributed by atoms with Gasteiger partial charge in [-0.05, 0) is 48.9 Å². The zero-order chi connectivity index (χ0) is 30.6. The summed E-state index contributed by atoms with van der Waals surface area (Å²) in [4.78, 5) is 53.8. The number of anilines is 1. The van der Waals surface area contributed by atoms with Gasteiger partial charge in [-0.25, -0.2) is 4.79 Å². The fourth-order valence-electron chi connectivity index (χ4n) is 3.98. The Morgan fingerprint density at radius 1 is 1.17 bits per heavy atom. The van der Waals surface area contributed by atoms with E-state index in [-0.39, 0.29) is 23.4 Å². The lowest BCUT2D eigenvalue weighted by Gasteiger charge is -2.15. The van der Waals surface area contributed by atoms with Gasteiger partial charge in [0, 0.05) is 6.04 Å². The molecule has 0 saturated carbocycles. The van der Waals surface area contributed by atoms with Crippen molar-refractivity contribution in [2.24, 2.45) is 4.99 Å². The molecule has 3 aromatic rings. The fourth-order valence-corrected chi connectivity index (χ4v) is 4.92. The second kappa shape index (κ2) is 12.6. The quantitative estimate of drug-likeness (QED) is 0.320. The lowest BCUT2D eigenvalue weighted by Crippen LogP contribution is -2.31. The normalized spacial score (nSPS) is 15.8. The number of carboxylic acid groups (broad SMARTS) is 1. The summed E-state index contributed by atoms with van der Waals surface area (Å²) in [6.45, 7) is 3.17. The number of amidine groups is 1. The first kappa shape index (κ1) is 30.5. The number of hydrogen-bond donors (Lipinski definition) is 3. The lowest BCUT2D eigenvalue weighted by molar-refractivity contribution is -0.192. The van der Waals surface area contributed by atoms with Crippen LogP contribution in [0.15, 0.2) is 59.6 Å². The van der Waals surface area contributed by atoms with Gasteiger partial charge >= 0.3 is 12.1 Å². The molecule has 2 aliphatic rings. The fraction of sp³-hybridized carbons (Fsp3) is 0.222. The Bertz CT molecular complexity index is 1580. The SMILES string of the molecule is CC1CN=C(COc2cccc(CN3C(=O)c4cccc(NC(=O)c5ccc(Cl)s5)c4C3=O)c2)N1.O=C(O)C(F)(F)F. The first-order valence-electron chi connectivity index (χ1n) is 12.2. The predicted octanol–water partition coefficient (Wildman–Crippen LogP) is 4.85. The van der Waals surface area contributed by atoms with Gasteiger partial charge in [0.15, 0.2) is 0 Å². The van der Waals surface area contributed by atoms with E-state index in [0.29, 0.717) is 27.6 Å². The number of imide groups is 1. The van der Waals surface area contributed by atoms with E-state index in [4.69, 9.17) is 26.2 Å². The number of carboxylic acids is 1. The molecule has 0 saturated heterocycles. The van der Waals surface area contributed by atoms with Gasteiger partial charge in [-0.1, -0.05) is 29.8 Å². The molecular weight excluding hydrogens is 601 g/mol. The maximum absolute atomic E-state index is 13.2. The third-order valence-electron chi connectivity index (χ3n) is 5.87. The highest BCUT2D eigenvalue weighted by atomic mass is 35.5. The molecule has 0 bridgehead atoms. The number of nitrogens with zero attached hydrogens (tertiary/aromatic N) is 2. The molecule has 42 heavy (non-hydrogen) atoms. The van der Waals surface area contributed by atoms with Crippen molar-refractivity contribution >= 4 is 58.2 Å². The van der Waals surface area contributed by atoms with Crippen molar-refractivity contribution in [1.29, 1.82) is 0 Å². The zero-order valence-electron chi connectivity index (χ0n) is 21.7. The standard InChI is InChI=1S/C25H21ClN4O4S.C2HF3O2/c1-14-11-27-21(28-14)13-34-16-5-2-4-15(10-16)12-30-24(32)17-6-3-7-18(22(17)25(30)33)29-23(31)19-8-9-20(26)35-19;3-2(4,5)1(6)7/h2-10,14H,11-13H2,1H3,(H,27,28)(H,29,31);(H,6,7). The molecule has 0 fully saturated rings. The first-order valence-corrected chi connectivity index (χ1v) is 13.4. The summed E-state index contributed by atoms with van der Waals surface area (Å²) in [5, 5.41) is 13.1. The minimum Gasteiger partial charge on any atom is -0.486 e. The average Bonchev–Trinajstić information content (AvgIpc) is 3.63. The number of hydrogen-bond acceptors (Lipinski definition) is 8. The van der Waals surface area contributed by atoms with Crippen molar-refractivity contribution in [2.75, 3.05) is 18.5 Å². The number of aliphatic carboxylic acids is 1. The first-order chi connectivity index (χ1) is 19.8. The van der Waals surface area contributed by atoms with Gasteiger partial charge in [0.05, 0.1) is 39.1 Å². The number of fused-ring (bicyclic) bond motifs is 1. The van der Waals surface area contributed by atoms with Crippen molar-refractivity contribution in [3.05, 3.63) is 80.5 Å². The van der Waals surface area contributed by atoms with Crippen molar-refractivity contribution in [3.63, 3.8) is 0 Å². The van der Waals surface area contributed by atoms with E-state index in [0.717, 1.165) is 29.3 Å². The minimum absolute atomic E-state index is 0.0771. The summed E-state index contributed by atoms with van der Waals surface area (Å²) in [5.41, 5.74) is 1.46. The number of rotatable bonds is 7. The summed E-state index contributed by atoms with van der Waals surface area (Å²) in [5.74, 6) is -2.62. The topological polar surface area (TPSA) is 137 Å². The smallest absolute Gasteiger partial charge is 0.486 e. The number of aliphatic imine (C=N–C) groups is 1. The van der Waals surface area contributed by atoms with Crippen molar-refractivity contribution < 1.29 is 42.2 Å². The monoisotopic (exact) mass is 622 g/mol. The van der Waals surface area contributed by atoms with Crippen LogP contribution in [-0.4, -0.2) is 64.9 Å². The Balaban J connectivity index is 0.000000517. The highest BCUT2D eigenvalue weighted by Crippen LogP contribution is 2.32. The van der Waals surface area contributed by atoms with Crippen molar-refractivity contribution in [2.45, 2.75) is 25.7 Å². The maximum atomic E-state index is 13.2. The molecule has 2 aliphatic heterocycles. The second-order valence-electron chi connectivity index (χ2n) is 9.05. The molecule has 0 aliphatic carbocycles. The molecule has 1 unspecified atom stereocenters. The summed E-state index contributed by atoms with van der Waals surface area (Å²) in [6.07, 6.45) is -5.08. The van der Waals surface area contributed by atoms with E-state index in [1.165, 1.54) is 4.90 Å². The molecule has 3 N–H and O–H groups in total. The molecule has 0 spiro atoms. The highest BCUT2D eigenvalue weighted by Gasteiger charge is 2.39. The van der Waals surface area contributed by atoms with Gasteiger partial charge in [0.2, 0.25) is 0 Å². The number of halogens is 4. The van der Waals surface area contributed by atoms with Crippen LogP contribution in [0.5, 0.6) is 5.75 Å². The van der Waals surface area contributed by atoms with Crippen LogP contribution >= 0.6 is 22.9 Å². The van der Waals surface area contributed by atoms with Crippen LogP contribution in [0.25, 0.3) is 0 Å². The Morgan fingerprint density at radius 2 is 1.88 bits per heavy atom. The number of carbonyl (C=O) groups is 4. The van der Waals surface area contributed by atoms with E-state index in [2.05, 4.69) is 15.6 Å². The summed E-state index contributed by atoms with van der Waals surface area (Å²) >= 11 is 7.06. The predicted molar refractivity (Wildman–Crippen MR) is 148 cm³/mol. The number of amides is 3. The minimum atomic E-state index is -5.08. The van der Waals surface area contributed by atoms with E-state index < -0.39 is 29.9 Å². The molecule has 1 atom stereocenters. The van der Waals surface area contributed by atoms with E-state index in [9.17, 15) is 27.6 Å². The summed E-state index contributed by atoms with van der Waals surface area (Å²) < 4.78 is 38.0. The molecule has 2 aromatic carbocycles. The third kappa shape index (κ3) is 7.25. The van der Waals surface area contributed by atoms with Crippen LogP contribution in [0.3, 0.4) is 0 Å². The largest absolute Gasteiger partial charge is 0.490 e. The van der Waals surface area contributed by atoms with Gasteiger partial charge in [-0.3, -0.25) is 24.3 Å². The van der Waals surface area contributed by atoms with Crippen molar-refractivity contribution in [1.82, 2.24) is 10.2 Å². The Hall–Kier alpha value is -4.43. The Labute approximate surface area is 245 Å². The number of nitrogens with one attached hydrogen (secondary N) is 2. The third-order valence-corrected chi connectivity index (χ3v) is 7.10. The summed E-state index contributed by atoms with van der Waals surface area (Å²) in [6, 6.07) is 15.6. The molecule has 1 aromatic heterocycles. The Kier molecular flexibility index (Phi) is 9.17. The van der Waals surface area contributed by atoms with Gasteiger partial charge < -0.3 is 20.5 Å². The summed E-state index contributed by atoms with van der Waals surface area (Å²) in [7, 11) is 0. The van der Waals surface area contributed by atoms with E-state index >= 15 is 0 Å². The van der Waals surface area contributed by atoms with Crippen LogP contribution in [-0.2, 0) is 11.3 Å². The van der Waals surface area contributed by atoms with E-state index in [1.54, 1.807) is 36.4 Å². The Morgan fingerprint density at radius 3 is 2.50 bits per heavy atom. The van der Waals surface area contributed by atoms with E-state index in [1.807, 2.05) is 25.1 Å². The lowest BCUT2D eigenvalue weighted by atomic mass is 10.1. The molecule has 220 valence electrons. The zero-order valence-corrected chi connectivity index (χ0v) is 23.3. The molecule has 10 nitrogen and oxygen atoms in total. The highest BCUT2D eigenvalue weighted by molar-refractivity contribution is 7.18. The number of ether oxygens (including phenoxy) is 1. The van der Waals surface area contributed by atoms with Crippen LogP contribution < -0.4 is 15.4 Å². The number of benzene rings is 2. The number of thiophene rings is 1. The van der Waals surface area contributed by atoms with Crippen LogP contribution in [0.2, 0.25) is 4.34 Å². The molecular formula is C27H22ClF3N4O6S. The molecule has 15 heteroatoms.